The van der Waals surface area contributed by atoms with Crippen LogP contribution in [0.3, 0.4) is 0 Å². The van der Waals surface area contributed by atoms with Crippen molar-refractivity contribution in [3.05, 3.63) is 65.0 Å². The van der Waals surface area contributed by atoms with E-state index in [2.05, 4.69) is 20.9 Å². The predicted molar refractivity (Wildman–Crippen MR) is 74.7 cm³/mol. The molecule has 0 amide bonds. The van der Waals surface area contributed by atoms with Crippen LogP contribution in [0.1, 0.15) is 32.0 Å². The predicted octanol–water partition coefficient (Wildman–Crippen LogP) is 3.06. The Morgan fingerprint density at radius 3 is 2.05 bits per heavy atom. The molecular weight excluding hydrogens is 306 g/mol. The van der Waals surface area contributed by atoms with E-state index in [-0.39, 0.29) is 11.6 Å². The molecule has 3 rings (SSSR count). The molecule has 94 valence electrons. The molecule has 0 aliphatic heterocycles. The highest BCUT2D eigenvalue weighted by Crippen LogP contribution is 2.44. The smallest absolute Gasteiger partial charge is 0.192 e. The Balaban J connectivity index is 2.19. The van der Waals surface area contributed by atoms with E-state index in [4.69, 9.17) is 0 Å². The van der Waals surface area contributed by atoms with Crippen LogP contribution in [0, 0.1) is 6.92 Å². The largest absolute Gasteiger partial charge is 0.292 e. The summed E-state index contributed by atoms with van der Waals surface area (Å²) >= 11 is 3.35. The number of aryl methyl sites for hydroxylation is 1. The van der Waals surface area contributed by atoms with E-state index in [0.29, 0.717) is 16.7 Å². The molecule has 1 heterocycles. The van der Waals surface area contributed by atoms with Crippen molar-refractivity contribution in [1.29, 1.82) is 0 Å². The zero-order chi connectivity index (χ0) is 13.6. The molecule has 4 heteroatoms. The second-order valence-electron chi connectivity index (χ2n) is 4.55. The van der Waals surface area contributed by atoms with Gasteiger partial charge in [0.1, 0.15) is 0 Å². The number of nitrogens with zero attached hydrogens (tertiary/aromatic N) is 1. The molecule has 0 bridgehead atoms. The van der Waals surface area contributed by atoms with E-state index in [0.717, 1.165) is 5.69 Å². The van der Waals surface area contributed by atoms with Crippen LogP contribution in [0.5, 0.6) is 0 Å². The average Bonchev–Trinajstić information content (AvgIpc) is 2.63. The zero-order valence-corrected chi connectivity index (χ0v) is 11.8. The van der Waals surface area contributed by atoms with Crippen molar-refractivity contribution in [3.63, 3.8) is 0 Å². The summed E-state index contributed by atoms with van der Waals surface area (Å²) in [6, 6.07) is 10.4. The summed E-state index contributed by atoms with van der Waals surface area (Å²) in [6.07, 6.45) is 1.58. The Hall–Kier alpha value is -1.81. The summed E-state index contributed by atoms with van der Waals surface area (Å²) in [6.45, 7) is 1.86. The van der Waals surface area contributed by atoms with Crippen LogP contribution >= 0.6 is 15.9 Å². The SMILES string of the molecule is Cc1ccc(C2(Br)C(=O)c3ccccc3C2=O)cn1. The molecule has 0 N–H and O–H groups in total. The summed E-state index contributed by atoms with van der Waals surface area (Å²) in [5.41, 5.74) is 2.34. The standard InChI is InChI=1S/C15H10BrNO2/c1-9-6-7-10(8-17-9)15(16)13(18)11-4-2-3-5-12(11)14(15)19/h2-8H,1H3. The van der Waals surface area contributed by atoms with Crippen molar-refractivity contribution >= 4 is 27.5 Å². The molecule has 3 nitrogen and oxygen atoms in total. The summed E-state index contributed by atoms with van der Waals surface area (Å²) in [5, 5.41) is 0. The number of pyridine rings is 1. The number of hydrogen-bond acceptors (Lipinski definition) is 3. The van der Waals surface area contributed by atoms with Gasteiger partial charge >= 0.3 is 0 Å². The third kappa shape index (κ3) is 1.60. The number of halogens is 1. The van der Waals surface area contributed by atoms with Crippen LogP contribution in [0.4, 0.5) is 0 Å². The number of rotatable bonds is 1. The highest BCUT2D eigenvalue weighted by molar-refractivity contribution is 9.10. The highest BCUT2D eigenvalue weighted by atomic mass is 79.9. The fourth-order valence-electron chi connectivity index (χ4n) is 2.29. The number of benzene rings is 1. The summed E-state index contributed by atoms with van der Waals surface area (Å²) < 4.78 is -1.32. The van der Waals surface area contributed by atoms with Gasteiger partial charge in [0.2, 0.25) is 0 Å². The van der Waals surface area contributed by atoms with Gasteiger partial charge in [-0.1, -0.05) is 46.3 Å². The number of carbonyl (C=O) groups is 2. The van der Waals surface area contributed by atoms with Gasteiger partial charge in [0.05, 0.1) is 0 Å². The van der Waals surface area contributed by atoms with Gasteiger partial charge in [-0.15, -0.1) is 0 Å². The van der Waals surface area contributed by atoms with E-state index >= 15 is 0 Å². The maximum Gasteiger partial charge on any atom is 0.192 e. The number of Topliss-reactive ketones (excluding diaryl/α,β-unsaturated/α-hetero) is 2. The molecule has 0 spiro atoms. The summed E-state index contributed by atoms with van der Waals surface area (Å²) in [5.74, 6) is -0.447. The molecule has 1 aromatic carbocycles. The molecule has 0 saturated carbocycles. The van der Waals surface area contributed by atoms with Gasteiger partial charge in [-0.2, -0.15) is 0 Å². The van der Waals surface area contributed by atoms with Crippen molar-refractivity contribution in [3.8, 4) is 0 Å². The number of fused-ring (bicyclic) bond motifs is 1. The normalized spacial score (nSPS) is 16.5. The van der Waals surface area contributed by atoms with Gasteiger partial charge in [0.25, 0.3) is 0 Å². The first-order valence-electron chi connectivity index (χ1n) is 5.86. The summed E-state index contributed by atoms with van der Waals surface area (Å²) in [7, 11) is 0. The van der Waals surface area contributed by atoms with E-state index in [1.165, 1.54) is 0 Å². The Kier molecular flexibility index (Phi) is 2.64. The zero-order valence-electron chi connectivity index (χ0n) is 10.2. The van der Waals surface area contributed by atoms with Gasteiger partial charge < -0.3 is 0 Å². The highest BCUT2D eigenvalue weighted by Gasteiger charge is 2.52. The number of carbonyl (C=O) groups excluding carboxylic acids is 2. The Bertz CT molecular complexity index is 657. The Labute approximate surface area is 118 Å². The fraction of sp³-hybridized carbons (Fsp3) is 0.133. The quantitative estimate of drug-likeness (QED) is 0.600. The molecule has 0 radical (unpaired) electrons. The minimum Gasteiger partial charge on any atom is -0.292 e. The third-order valence-electron chi connectivity index (χ3n) is 3.35. The van der Waals surface area contributed by atoms with Crippen molar-refractivity contribution in [2.45, 2.75) is 11.2 Å². The Morgan fingerprint density at radius 2 is 1.58 bits per heavy atom. The van der Waals surface area contributed by atoms with Crippen LogP contribution in [0.2, 0.25) is 0 Å². The first kappa shape index (κ1) is 12.2. The lowest BCUT2D eigenvalue weighted by atomic mass is 9.95. The lowest BCUT2D eigenvalue weighted by Crippen LogP contribution is -2.31. The fourth-order valence-corrected chi connectivity index (χ4v) is 2.95. The van der Waals surface area contributed by atoms with Crippen molar-refractivity contribution in [2.75, 3.05) is 0 Å². The van der Waals surface area contributed by atoms with Gasteiger partial charge in [-0.3, -0.25) is 14.6 Å². The molecule has 1 aromatic heterocycles. The minimum atomic E-state index is -1.32. The van der Waals surface area contributed by atoms with E-state index < -0.39 is 4.32 Å². The second kappa shape index (κ2) is 4.10. The van der Waals surface area contributed by atoms with Crippen LogP contribution in [-0.4, -0.2) is 16.6 Å². The molecule has 0 atom stereocenters. The monoisotopic (exact) mass is 315 g/mol. The lowest BCUT2D eigenvalue weighted by Gasteiger charge is -2.18. The second-order valence-corrected chi connectivity index (χ2v) is 5.74. The first-order valence-corrected chi connectivity index (χ1v) is 6.65. The molecule has 0 unspecified atom stereocenters. The molecule has 0 fully saturated rings. The molecule has 2 aromatic rings. The maximum atomic E-state index is 12.5. The first-order chi connectivity index (χ1) is 9.05. The van der Waals surface area contributed by atoms with E-state index in [9.17, 15) is 9.59 Å². The third-order valence-corrected chi connectivity index (χ3v) is 4.53. The van der Waals surface area contributed by atoms with Crippen molar-refractivity contribution < 1.29 is 9.59 Å². The lowest BCUT2D eigenvalue weighted by molar-refractivity contribution is 0.0871. The number of alkyl halides is 1. The van der Waals surface area contributed by atoms with Crippen molar-refractivity contribution in [1.82, 2.24) is 4.98 Å². The van der Waals surface area contributed by atoms with Gasteiger partial charge in [-0.05, 0) is 13.0 Å². The Morgan fingerprint density at radius 1 is 1.00 bits per heavy atom. The topological polar surface area (TPSA) is 47.0 Å². The molecule has 19 heavy (non-hydrogen) atoms. The van der Waals surface area contributed by atoms with Crippen LogP contribution in [-0.2, 0) is 4.32 Å². The average molecular weight is 316 g/mol. The van der Waals surface area contributed by atoms with E-state index in [1.54, 1.807) is 42.6 Å². The van der Waals surface area contributed by atoms with Crippen LogP contribution < -0.4 is 0 Å². The summed E-state index contributed by atoms with van der Waals surface area (Å²) in [4.78, 5) is 29.2. The van der Waals surface area contributed by atoms with Crippen molar-refractivity contribution in [2.24, 2.45) is 0 Å². The number of hydrogen-bond donors (Lipinski definition) is 0. The van der Waals surface area contributed by atoms with Gasteiger partial charge in [0, 0.05) is 28.6 Å². The molecule has 0 saturated heterocycles. The minimum absolute atomic E-state index is 0.223. The van der Waals surface area contributed by atoms with Crippen LogP contribution in [0.15, 0.2) is 42.6 Å². The van der Waals surface area contributed by atoms with Crippen LogP contribution in [0.25, 0.3) is 0 Å². The van der Waals surface area contributed by atoms with Gasteiger partial charge in [0.15, 0.2) is 15.9 Å². The van der Waals surface area contributed by atoms with Gasteiger partial charge in [-0.25, -0.2) is 0 Å². The maximum absolute atomic E-state index is 12.5. The molecular formula is C15H10BrNO2. The molecule has 1 aliphatic rings. The number of aromatic nitrogens is 1. The van der Waals surface area contributed by atoms with E-state index in [1.807, 2.05) is 6.92 Å². The molecule has 1 aliphatic carbocycles. The number of ketones is 2.